The van der Waals surface area contributed by atoms with Crippen molar-refractivity contribution in [2.75, 3.05) is 13.4 Å². The Bertz CT molecular complexity index is 807. The predicted octanol–water partition coefficient (Wildman–Crippen LogP) is 4.88. The van der Waals surface area contributed by atoms with Crippen LogP contribution in [-0.4, -0.2) is 18.3 Å². The minimum absolute atomic E-state index is 0.270. The largest absolute Gasteiger partial charge is 0.364 e. The van der Waals surface area contributed by atoms with E-state index in [4.69, 9.17) is 4.74 Å². The Balaban J connectivity index is 2.33. The fraction of sp³-hybridized carbons (Fsp3) is 0.150. The van der Waals surface area contributed by atoms with Gasteiger partial charge < -0.3 is 4.74 Å². The molecule has 0 N–H and O–H groups in total. The number of ether oxygens (including phenoxy) is 1. The van der Waals surface area contributed by atoms with Gasteiger partial charge in [0.2, 0.25) is 0 Å². The maximum absolute atomic E-state index is 13.5. The molecule has 0 amide bonds. The molecule has 0 bridgehead atoms. The Hall–Kier alpha value is -2.17. The fourth-order valence-corrected chi connectivity index (χ4v) is 3.62. The molecule has 0 aliphatic rings. The Morgan fingerprint density at radius 3 is 2.25 bits per heavy atom. The van der Waals surface area contributed by atoms with Gasteiger partial charge in [0, 0.05) is 30.0 Å². The summed E-state index contributed by atoms with van der Waals surface area (Å²) < 4.78 is 19.6. The molecule has 122 valence electrons. The number of aromatic nitrogens is 1. The van der Waals surface area contributed by atoms with Crippen LogP contribution < -0.4 is 0 Å². The average molecular weight is 339 g/mol. The molecular formula is C20H18FNOS. The highest BCUT2D eigenvalue weighted by Crippen LogP contribution is 2.43. The zero-order chi connectivity index (χ0) is 17.0. The van der Waals surface area contributed by atoms with Crippen molar-refractivity contribution in [2.45, 2.75) is 10.5 Å². The molecule has 0 fully saturated rings. The summed E-state index contributed by atoms with van der Waals surface area (Å²) in [6, 6.07) is 18.4. The van der Waals surface area contributed by atoms with Crippen LogP contribution >= 0.6 is 11.8 Å². The highest BCUT2D eigenvalue weighted by Gasteiger charge is 2.38. The van der Waals surface area contributed by atoms with E-state index >= 15 is 0 Å². The molecule has 2 aromatic carbocycles. The van der Waals surface area contributed by atoms with Crippen LogP contribution in [0.15, 0.2) is 78.0 Å². The lowest BCUT2D eigenvalue weighted by Crippen LogP contribution is -2.32. The van der Waals surface area contributed by atoms with Gasteiger partial charge in [0.15, 0.2) is 0 Å². The number of nitrogens with zero attached hydrogens (tertiary/aromatic N) is 1. The number of hydrogen-bond donors (Lipinski definition) is 0. The fourth-order valence-electron chi connectivity index (χ4n) is 3.00. The summed E-state index contributed by atoms with van der Waals surface area (Å²) in [5.74, 6) is -0.270. The standard InChI is InChI=1S/C20H18FNOS/c1-23-20(15-6-4-3-5-7-15,16-8-10-17(21)11-9-16)18-14-22-13-12-19(18)24-2/h3-14H,1-2H3. The van der Waals surface area contributed by atoms with Crippen molar-refractivity contribution in [1.82, 2.24) is 4.98 Å². The monoisotopic (exact) mass is 339 g/mol. The van der Waals surface area contributed by atoms with Gasteiger partial charge in [0.1, 0.15) is 11.4 Å². The van der Waals surface area contributed by atoms with Crippen molar-refractivity contribution in [3.05, 3.63) is 95.6 Å². The maximum Gasteiger partial charge on any atom is 0.145 e. The molecule has 2 nitrogen and oxygen atoms in total. The first-order valence-corrected chi connectivity index (χ1v) is 8.80. The van der Waals surface area contributed by atoms with Crippen molar-refractivity contribution in [1.29, 1.82) is 0 Å². The van der Waals surface area contributed by atoms with E-state index in [1.54, 1.807) is 37.2 Å². The van der Waals surface area contributed by atoms with Crippen LogP contribution in [0.4, 0.5) is 4.39 Å². The van der Waals surface area contributed by atoms with E-state index in [1.807, 2.05) is 48.9 Å². The van der Waals surface area contributed by atoms with E-state index in [9.17, 15) is 4.39 Å². The average Bonchev–Trinajstić information content (AvgIpc) is 2.65. The van der Waals surface area contributed by atoms with Gasteiger partial charge in [-0.3, -0.25) is 4.98 Å². The molecule has 1 heterocycles. The second-order valence-corrected chi connectivity index (χ2v) is 6.18. The summed E-state index contributed by atoms with van der Waals surface area (Å²) in [5, 5.41) is 0. The second-order valence-electron chi connectivity index (χ2n) is 5.33. The normalized spacial score (nSPS) is 13.5. The molecule has 0 saturated heterocycles. The highest BCUT2D eigenvalue weighted by molar-refractivity contribution is 7.98. The van der Waals surface area contributed by atoms with Crippen molar-refractivity contribution in [3.63, 3.8) is 0 Å². The van der Waals surface area contributed by atoms with Gasteiger partial charge in [-0.2, -0.15) is 0 Å². The van der Waals surface area contributed by atoms with Gasteiger partial charge in [-0.1, -0.05) is 42.5 Å². The Labute approximate surface area is 145 Å². The number of methoxy groups -OCH3 is 1. The van der Waals surface area contributed by atoms with Crippen LogP contribution in [0.3, 0.4) is 0 Å². The molecule has 0 aliphatic heterocycles. The molecule has 1 atom stereocenters. The molecule has 0 saturated carbocycles. The van der Waals surface area contributed by atoms with E-state index in [0.717, 1.165) is 21.6 Å². The van der Waals surface area contributed by atoms with Gasteiger partial charge in [-0.25, -0.2) is 4.39 Å². The number of halogens is 1. The SMILES string of the molecule is COC(c1ccccc1)(c1ccc(F)cc1)c1cnccc1SC. The number of rotatable bonds is 5. The van der Waals surface area contributed by atoms with E-state index in [2.05, 4.69) is 4.98 Å². The second kappa shape index (κ2) is 7.16. The summed E-state index contributed by atoms with van der Waals surface area (Å²) in [4.78, 5) is 5.38. The van der Waals surface area contributed by atoms with E-state index < -0.39 is 5.60 Å². The lowest BCUT2D eigenvalue weighted by Gasteiger charge is -2.35. The number of benzene rings is 2. The van der Waals surface area contributed by atoms with Crippen LogP contribution in [0.1, 0.15) is 16.7 Å². The summed E-state index contributed by atoms with van der Waals surface area (Å²) in [7, 11) is 1.67. The van der Waals surface area contributed by atoms with Crippen molar-refractivity contribution >= 4 is 11.8 Å². The molecule has 3 aromatic rings. The van der Waals surface area contributed by atoms with Gasteiger partial charge in [-0.05, 0) is 35.6 Å². The zero-order valence-corrected chi connectivity index (χ0v) is 14.4. The van der Waals surface area contributed by atoms with Crippen molar-refractivity contribution in [2.24, 2.45) is 0 Å². The molecular weight excluding hydrogens is 321 g/mol. The third-order valence-electron chi connectivity index (χ3n) is 4.12. The lowest BCUT2D eigenvalue weighted by molar-refractivity contribution is 0.0559. The predicted molar refractivity (Wildman–Crippen MR) is 95.8 cm³/mol. The Morgan fingerprint density at radius 2 is 1.62 bits per heavy atom. The minimum Gasteiger partial charge on any atom is -0.364 e. The van der Waals surface area contributed by atoms with Crippen LogP contribution in [0.25, 0.3) is 0 Å². The number of thioether (sulfide) groups is 1. The van der Waals surface area contributed by atoms with Crippen LogP contribution in [0, 0.1) is 5.82 Å². The maximum atomic E-state index is 13.5. The molecule has 24 heavy (non-hydrogen) atoms. The van der Waals surface area contributed by atoms with Crippen LogP contribution in [-0.2, 0) is 10.3 Å². The first-order chi connectivity index (χ1) is 11.7. The molecule has 0 spiro atoms. The smallest absolute Gasteiger partial charge is 0.145 e. The first-order valence-electron chi connectivity index (χ1n) is 7.57. The van der Waals surface area contributed by atoms with Gasteiger partial charge >= 0.3 is 0 Å². The van der Waals surface area contributed by atoms with Gasteiger partial charge in [0.05, 0.1) is 0 Å². The summed E-state index contributed by atoms with van der Waals surface area (Å²) in [6.07, 6.45) is 5.62. The summed E-state index contributed by atoms with van der Waals surface area (Å²) in [5.41, 5.74) is 1.93. The summed E-state index contributed by atoms with van der Waals surface area (Å²) in [6.45, 7) is 0. The topological polar surface area (TPSA) is 22.1 Å². The molecule has 3 rings (SSSR count). The first kappa shape index (κ1) is 16.7. The minimum atomic E-state index is -0.846. The van der Waals surface area contributed by atoms with E-state index in [1.165, 1.54) is 12.1 Å². The van der Waals surface area contributed by atoms with Gasteiger partial charge in [-0.15, -0.1) is 11.8 Å². The van der Waals surface area contributed by atoms with E-state index in [0.29, 0.717) is 0 Å². The van der Waals surface area contributed by atoms with Crippen LogP contribution in [0.2, 0.25) is 0 Å². The zero-order valence-electron chi connectivity index (χ0n) is 13.6. The lowest BCUT2D eigenvalue weighted by atomic mass is 9.80. The number of hydrogen-bond acceptors (Lipinski definition) is 3. The third kappa shape index (κ3) is 2.83. The van der Waals surface area contributed by atoms with Crippen molar-refractivity contribution < 1.29 is 9.13 Å². The molecule has 0 aliphatic carbocycles. The van der Waals surface area contributed by atoms with E-state index in [-0.39, 0.29) is 5.82 Å². The quantitative estimate of drug-likeness (QED) is 0.619. The molecule has 0 radical (unpaired) electrons. The Morgan fingerprint density at radius 1 is 0.958 bits per heavy atom. The highest BCUT2D eigenvalue weighted by atomic mass is 32.2. The molecule has 1 aromatic heterocycles. The van der Waals surface area contributed by atoms with Crippen LogP contribution in [0.5, 0.6) is 0 Å². The summed E-state index contributed by atoms with van der Waals surface area (Å²) >= 11 is 1.64. The molecule has 1 unspecified atom stereocenters. The van der Waals surface area contributed by atoms with Crippen molar-refractivity contribution in [3.8, 4) is 0 Å². The third-order valence-corrected chi connectivity index (χ3v) is 4.91. The van der Waals surface area contributed by atoms with Gasteiger partial charge in [0.25, 0.3) is 0 Å². The Kier molecular flexibility index (Phi) is 4.97. The number of pyridine rings is 1. The molecule has 4 heteroatoms.